The smallest absolute Gasteiger partial charge is 0.195 e. The third-order valence-corrected chi connectivity index (χ3v) is 3.41. The fraction of sp³-hybridized carbons (Fsp3) is 0.214. The molecule has 0 aliphatic carbocycles. The van der Waals surface area contributed by atoms with Crippen molar-refractivity contribution in [3.05, 3.63) is 41.3 Å². The minimum absolute atomic E-state index is 0.665. The zero-order valence-corrected chi connectivity index (χ0v) is 11.4. The third-order valence-electron chi connectivity index (χ3n) is 3.10. The molecule has 3 rings (SSSR count). The third kappa shape index (κ3) is 2.06. The van der Waals surface area contributed by atoms with Gasteiger partial charge in [0.1, 0.15) is 0 Å². The van der Waals surface area contributed by atoms with Crippen LogP contribution in [0.25, 0.3) is 22.3 Å². The Balaban J connectivity index is 2.28. The minimum atomic E-state index is 0.665. The Labute approximate surface area is 116 Å². The van der Waals surface area contributed by atoms with Gasteiger partial charge in [0.05, 0.1) is 5.52 Å². The molecule has 0 radical (unpaired) electrons. The van der Waals surface area contributed by atoms with Crippen LogP contribution >= 0.6 is 12.2 Å². The van der Waals surface area contributed by atoms with Crippen molar-refractivity contribution in [2.45, 2.75) is 19.9 Å². The number of aromatic amines is 1. The van der Waals surface area contributed by atoms with Gasteiger partial charge in [-0.1, -0.05) is 25.1 Å². The summed E-state index contributed by atoms with van der Waals surface area (Å²) in [6.45, 7) is 2.99. The Morgan fingerprint density at radius 1 is 1.26 bits per heavy atom. The predicted octanol–water partition coefficient (Wildman–Crippen LogP) is 3.57. The number of nitrogens with zero attached hydrogens (tertiary/aromatic N) is 3. The van der Waals surface area contributed by atoms with Crippen LogP contribution in [0.5, 0.6) is 0 Å². The van der Waals surface area contributed by atoms with Gasteiger partial charge >= 0.3 is 0 Å². The number of H-pyrrole nitrogens is 1. The Bertz CT molecular complexity index is 767. The molecule has 1 N–H and O–H groups in total. The van der Waals surface area contributed by atoms with Gasteiger partial charge in [-0.3, -0.25) is 10.1 Å². The van der Waals surface area contributed by atoms with Crippen LogP contribution in [-0.4, -0.2) is 19.7 Å². The van der Waals surface area contributed by atoms with Gasteiger partial charge < -0.3 is 4.57 Å². The molecule has 4 nitrogen and oxygen atoms in total. The lowest BCUT2D eigenvalue weighted by atomic mass is 10.1. The maximum absolute atomic E-state index is 5.29. The van der Waals surface area contributed by atoms with E-state index in [0.29, 0.717) is 4.77 Å². The highest BCUT2D eigenvalue weighted by Crippen LogP contribution is 2.25. The van der Waals surface area contributed by atoms with Crippen LogP contribution in [0.15, 0.2) is 36.5 Å². The normalized spacial score (nSPS) is 11.0. The van der Waals surface area contributed by atoms with Crippen LogP contribution in [0, 0.1) is 4.77 Å². The summed E-state index contributed by atoms with van der Waals surface area (Å²) in [7, 11) is 0. The molecule has 3 aromatic rings. The van der Waals surface area contributed by atoms with Gasteiger partial charge in [-0.05, 0) is 30.8 Å². The average Bonchev–Trinajstić information content (AvgIpc) is 2.80. The molecule has 0 saturated carbocycles. The second-order valence-electron chi connectivity index (χ2n) is 4.38. The maximum Gasteiger partial charge on any atom is 0.195 e. The molecule has 0 atom stereocenters. The lowest BCUT2D eigenvalue weighted by Crippen LogP contribution is -2.00. The van der Waals surface area contributed by atoms with E-state index in [1.807, 2.05) is 35.0 Å². The van der Waals surface area contributed by atoms with E-state index in [9.17, 15) is 0 Å². The molecule has 96 valence electrons. The van der Waals surface area contributed by atoms with E-state index < -0.39 is 0 Å². The largest absolute Gasteiger partial charge is 0.300 e. The molecule has 2 heterocycles. The summed E-state index contributed by atoms with van der Waals surface area (Å²) in [6, 6.07) is 10.1. The molecule has 0 amide bonds. The lowest BCUT2D eigenvalue weighted by molar-refractivity contribution is 0.675. The van der Waals surface area contributed by atoms with Gasteiger partial charge in [0, 0.05) is 23.7 Å². The van der Waals surface area contributed by atoms with Crippen molar-refractivity contribution < 1.29 is 0 Å². The van der Waals surface area contributed by atoms with Crippen molar-refractivity contribution in [2.75, 3.05) is 0 Å². The van der Waals surface area contributed by atoms with Crippen LogP contribution in [-0.2, 0) is 6.54 Å². The number of nitrogens with one attached hydrogen (secondary N) is 1. The Morgan fingerprint density at radius 2 is 2.11 bits per heavy atom. The number of hydrogen-bond donors (Lipinski definition) is 1. The highest BCUT2D eigenvalue weighted by atomic mass is 32.1. The van der Waals surface area contributed by atoms with Crippen molar-refractivity contribution in [1.29, 1.82) is 0 Å². The summed E-state index contributed by atoms with van der Waals surface area (Å²) in [5, 5.41) is 8.35. The van der Waals surface area contributed by atoms with Gasteiger partial charge in [-0.2, -0.15) is 5.10 Å². The highest BCUT2D eigenvalue weighted by Gasteiger charge is 2.11. The van der Waals surface area contributed by atoms with Gasteiger partial charge in [0.25, 0.3) is 0 Å². The maximum atomic E-state index is 5.29. The quantitative estimate of drug-likeness (QED) is 0.740. The van der Waals surface area contributed by atoms with Crippen molar-refractivity contribution in [3.63, 3.8) is 0 Å². The van der Waals surface area contributed by atoms with E-state index in [1.54, 1.807) is 0 Å². The van der Waals surface area contributed by atoms with E-state index in [4.69, 9.17) is 12.2 Å². The molecule has 0 aliphatic heterocycles. The summed E-state index contributed by atoms with van der Waals surface area (Å²) in [4.78, 5) is 4.38. The average molecular weight is 270 g/mol. The van der Waals surface area contributed by atoms with Crippen molar-refractivity contribution in [3.8, 4) is 11.4 Å². The summed E-state index contributed by atoms with van der Waals surface area (Å²) in [5.74, 6) is 0.880. The first-order chi connectivity index (χ1) is 9.31. The molecule has 5 heteroatoms. The molecule has 0 aliphatic rings. The summed E-state index contributed by atoms with van der Waals surface area (Å²) >= 11 is 5.29. The van der Waals surface area contributed by atoms with E-state index in [1.165, 1.54) is 0 Å². The number of hydrogen-bond acceptors (Lipinski definition) is 3. The first-order valence-corrected chi connectivity index (χ1v) is 6.71. The Hall–Kier alpha value is -2.01. The molecular formula is C14H14N4S. The summed E-state index contributed by atoms with van der Waals surface area (Å²) < 4.78 is 2.70. The summed E-state index contributed by atoms with van der Waals surface area (Å²) in [6.07, 6.45) is 2.83. The first-order valence-electron chi connectivity index (χ1n) is 6.30. The van der Waals surface area contributed by atoms with Gasteiger partial charge in [0.15, 0.2) is 10.6 Å². The van der Waals surface area contributed by atoms with Crippen LogP contribution < -0.4 is 0 Å². The Kier molecular flexibility index (Phi) is 3.13. The van der Waals surface area contributed by atoms with Gasteiger partial charge in [-0.25, -0.2) is 0 Å². The Morgan fingerprint density at radius 3 is 2.95 bits per heavy atom. The molecule has 1 aromatic carbocycles. The molecule has 0 unspecified atom stereocenters. The molecule has 0 fully saturated rings. The molecule has 0 saturated heterocycles. The minimum Gasteiger partial charge on any atom is -0.300 e. The summed E-state index contributed by atoms with van der Waals surface area (Å²) in [5.41, 5.74) is 2.03. The van der Waals surface area contributed by atoms with Crippen LogP contribution in [0.2, 0.25) is 0 Å². The van der Waals surface area contributed by atoms with Crippen molar-refractivity contribution >= 4 is 23.1 Å². The van der Waals surface area contributed by atoms with E-state index >= 15 is 0 Å². The first kappa shape index (κ1) is 12.0. The molecule has 0 bridgehead atoms. The SMILES string of the molecule is CCCn1c(-c2ccnc3ccccc23)n[nH]c1=S. The highest BCUT2D eigenvalue weighted by molar-refractivity contribution is 7.71. The number of aromatic nitrogens is 4. The van der Waals surface area contributed by atoms with Crippen LogP contribution in [0.4, 0.5) is 0 Å². The number of rotatable bonds is 3. The molecular weight excluding hydrogens is 256 g/mol. The second-order valence-corrected chi connectivity index (χ2v) is 4.77. The monoisotopic (exact) mass is 270 g/mol. The van der Waals surface area contributed by atoms with Crippen molar-refractivity contribution in [2.24, 2.45) is 0 Å². The number of pyridine rings is 1. The standard InChI is InChI=1S/C14H14N4S/c1-2-9-18-13(16-17-14(18)19)11-7-8-15-12-6-4-3-5-10(11)12/h3-8H,2,9H2,1H3,(H,17,19). The lowest BCUT2D eigenvalue weighted by Gasteiger charge is -2.07. The zero-order chi connectivity index (χ0) is 13.2. The topological polar surface area (TPSA) is 46.5 Å². The van der Waals surface area contributed by atoms with Gasteiger partial charge in [0.2, 0.25) is 0 Å². The molecule has 19 heavy (non-hydrogen) atoms. The predicted molar refractivity (Wildman–Crippen MR) is 78.4 cm³/mol. The number of benzene rings is 1. The fourth-order valence-corrected chi connectivity index (χ4v) is 2.47. The van der Waals surface area contributed by atoms with Crippen molar-refractivity contribution in [1.82, 2.24) is 19.7 Å². The van der Waals surface area contributed by atoms with Crippen LogP contribution in [0.3, 0.4) is 0 Å². The van der Waals surface area contributed by atoms with E-state index in [-0.39, 0.29) is 0 Å². The van der Waals surface area contributed by atoms with Gasteiger partial charge in [-0.15, -0.1) is 0 Å². The van der Waals surface area contributed by atoms with E-state index in [0.717, 1.165) is 35.3 Å². The van der Waals surface area contributed by atoms with Crippen LogP contribution in [0.1, 0.15) is 13.3 Å². The molecule has 2 aromatic heterocycles. The number of fused-ring (bicyclic) bond motifs is 1. The van der Waals surface area contributed by atoms with E-state index in [2.05, 4.69) is 28.2 Å². The zero-order valence-electron chi connectivity index (χ0n) is 10.6. The second kappa shape index (κ2) is 4.93. The molecule has 0 spiro atoms. The number of para-hydroxylation sites is 1. The fourth-order valence-electron chi connectivity index (χ4n) is 2.25.